The lowest BCUT2D eigenvalue weighted by atomic mass is 9.63. The highest BCUT2D eigenvalue weighted by molar-refractivity contribution is 6.30. The topological polar surface area (TPSA) is 162 Å². The first-order chi connectivity index (χ1) is 34.1. The molecule has 13 nitrogen and oxygen atoms in total. The molecule has 1 saturated carbocycles. The monoisotopic (exact) mass is 1010 g/mol. The van der Waals surface area contributed by atoms with Crippen molar-refractivity contribution in [2.75, 3.05) is 30.8 Å². The number of nitrogens with one attached hydrogen (secondary N) is 4. The maximum Gasteiger partial charge on any atom is 0.433 e. The molecule has 6 aliphatic rings. The molecule has 1 aliphatic carbocycles. The van der Waals surface area contributed by atoms with Crippen molar-refractivity contribution in [1.29, 1.82) is 0 Å². The maximum atomic E-state index is 16.4. The Morgan fingerprint density at radius 3 is 2.57 bits per heavy atom. The Hall–Kier alpha value is -6.51. The number of rotatable bonds is 7. The number of amides is 5. The molecule has 4 N–H and O–H groups in total. The summed E-state index contributed by atoms with van der Waals surface area (Å²) in [7, 11) is 1.42. The van der Waals surface area contributed by atoms with Crippen LogP contribution in [0.2, 0.25) is 5.02 Å². The molecule has 3 aromatic carbocycles. The van der Waals surface area contributed by atoms with E-state index < -0.39 is 59.0 Å². The minimum absolute atomic E-state index is 0.00733. The van der Waals surface area contributed by atoms with Gasteiger partial charge in [-0.3, -0.25) is 34.3 Å². The van der Waals surface area contributed by atoms with Gasteiger partial charge in [0.25, 0.3) is 11.8 Å². The Morgan fingerprint density at radius 1 is 1.06 bits per heavy atom. The van der Waals surface area contributed by atoms with Gasteiger partial charge in [0.2, 0.25) is 17.7 Å². The molecule has 72 heavy (non-hydrogen) atoms. The number of hydrogen-bond donors (Lipinski definition) is 4. The van der Waals surface area contributed by atoms with Gasteiger partial charge in [0.15, 0.2) is 0 Å². The van der Waals surface area contributed by atoms with E-state index in [1.54, 1.807) is 42.5 Å². The number of benzene rings is 3. The van der Waals surface area contributed by atoms with E-state index in [0.29, 0.717) is 35.2 Å². The van der Waals surface area contributed by atoms with Crippen molar-refractivity contribution in [3.63, 3.8) is 0 Å². The average Bonchev–Trinajstić information content (AvgIpc) is 3.54. The molecular formula is C54H54ClF4N7O6. The van der Waals surface area contributed by atoms with Crippen LogP contribution in [0.25, 0.3) is 0 Å². The predicted molar refractivity (Wildman–Crippen MR) is 260 cm³/mol. The second-order valence-corrected chi connectivity index (χ2v) is 21.7. The molecule has 376 valence electrons. The molecule has 1 unspecified atom stereocenters. The number of aromatic nitrogens is 1. The highest BCUT2D eigenvalue weighted by atomic mass is 35.5. The van der Waals surface area contributed by atoms with Gasteiger partial charge in [-0.05, 0) is 98.0 Å². The predicted octanol–water partition coefficient (Wildman–Crippen LogP) is 8.21. The van der Waals surface area contributed by atoms with Crippen LogP contribution in [0.5, 0.6) is 5.75 Å². The lowest BCUT2D eigenvalue weighted by Gasteiger charge is -2.40. The summed E-state index contributed by atoms with van der Waals surface area (Å²) in [6.45, 7) is 8.89. The van der Waals surface area contributed by atoms with Crippen molar-refractivity contribution in [2.45, 2.75) is 114 Å². The number of piperidine rings is 2. The largest absolute Gasteiger partial charge is 0.495 e. The fraction of sp³-hybridized carbons (Fsp3) is 0.444. The molecule has 1 aromatic heterocycles. The Morgan fingerprint density at radius 2 is 1.83 bits per heavy atom. The third-order valence-electron chi connectivity index (χ3n) is 16.0. The molecule has 5 aliphatic heterocycles. The zero-order valence-electron chi connectivity index (χ0n) is 40.4. The molecule has 18 heteroatoms. The number of anilines is 2. The quantitative estimate of drug-likeness (QED) is 0.0813. The van der Waals surface area contributed by atoms with E-state index in [4.69, 9.17) is 16.3 Å². The molecule has 4 aromatic rings. The fourth-order valence-corrected chi connectivity index (χ4v) is 12.5. The number of imide groups is 1. The molecule has 5 amide bonds. The molecular weight excluding hydrogens is 954 g/mol. The molecule has 0 bridgehead atoms. The van der Waals surface area contributed by atoms with Gasteiger partial charge in [-0.25, -0.2) is 4.39 Å². The lowest BCUT2D eigenvalue weighted by molar-refractivity contribution is -0.141. The summed E-state index contributed by atoms with van der Waals surface area (Å²) in [6.07, 6.45) is -0.226. The second-order valence-electron chi connectivity index (χ2n) is 21.3. The van der Waals surface area contributed by atoms with Crippen LogP contribution in [0.4, 0.5) is 28.9 Å². The highest BCUT2D eigenvalue weighted by Crippen LogP contribution is 2.61. The van der Waals surface area contributed by atoms with Gasteiger partial charge >= 0.3 is 6.18 Å². The zero-order valence-corrected chi connectivity index (χ0v) is 41.1. The van der Waals surface area contributed by atoms with E-state index in [0.717, 1.165) is 30.9 Å². The molecule has 8 atom stereocenters. The number of carbonyl (C=O) groups excluding carboxylic acids is 5. The lowest BCUT2D eigenvalue weighted by Crippen LogP contribution is -2.52. The second kappa shape index (κ2) is 17.9. The molecule has 0 radical (unpaired) electrons. The minimum Gasteiger partial charge on any atom is -0.495 e. The molecule has 6 heterocycles. The normalized spacial score (nSPS) is 27.5. The van der Waals surface area contributed by atoms with E-state index in [1.807, 2.05) is 38.7 Å². The number of pyridine rings is 1. The van der Waals surface area contributed by atoms with Crippen molar-refractivity contribution >= 4 is 52.5 Å². The summed E-state index contributed by atoms with van der Waals surface area (Å²) in [5.41, 5.74) is 0.430. The van der Waals surface area contributed by atoms with Crippen molar-refractivity contribution in [3.05, 3.63) is 117 Å². The number of fused-ring (bicyclic) bond motifs is 3. The van der Waals surface area contributed by atoms with Crippen molar-refractivity contribution in [1.82, 2.24) is 25.4 Å². The zero-order chi connectivity index (χ0) is 51.2. The van der Waals surface area contributed by atoms with Crippen molar-refractivity contribution in [2.24, 2.45) is 16.7 Å². The number of alkyl halides is 3. The van der Waals surface area contributed by atoms with Gasteiger partial charge < -0.3 is 30.5 Å². The third kappa shape index (κ3) is 8.33. The van der Waals surface area contributed by atoms with Crippen LogP contribution in [-0.2, 0) is 32.5 Å². The van der Waals surface area contributed by atoms with Crippen LogP contribution in [-0.4, -0.2) is 88.7 Å². The van der Waals surface area contributed by atoms with Crippen LogP contribution in [0.3, 0.4) is 0 Å². The Balaban J connectivity index is 0.886. The van der Waals surface area contributed by atoms with Gasteiger partial charge in [-0.2, -0.15) is 13.2 Å². The average molecular weight is 1010 g/mol. The van der Waals surface area contributed by atoms with Crippen LogP contribution < -0.4 is 26.0 Å². The SMILES string of the molecule is COc1cc(C(=O)N2CCC[C@@]3(C[C@H]3C#Cc3cccc4c3CN(C3CCC(=O)NC3=O)C4=O)[C@H]2C)ccc1NC(=O)[C@@H]1N[C@@H](CC(C)(C)C)[C@@]2(CNc3cc(C(F)(F)F)ncc32)[C@H]1c1cccc(Cl)c1F. The number of carbonyl (C=O) groups is 5. The van der Waals surface area contributed by atoms with Crippen molar-refractivity contribution < 1.29 is 46.3 Å². The summed E-state index contributed by atoms with van der Waals surface area (Å²) < 4.78 is 64.0. The molecule has 4 fully saturated rings. The minimum atomic E-state index is -4.71. The Bertz CT molecular complexity index is 3020. The first-order valence-corrected chi connectivity index (χ1v) is 24.6. The summed E-state index contributed by atoms with van der Waals surface area (Å²) in [4.78, 5) is 74.4. The summed E-state index contributed by atoms with van der Waals surface area (Å²) in [6, 6.07) is 13.0. The van der Waals surface area contributed by atoms with E-state index in [1.165, 1.54) is 24.3 Å². The van der Waals surface area contributed by atoms with Crippen LogP contribution in [0, 0.1) is 34.4 Å². The summed E-state index contributed by atoms with van der Waals surface area (Å²) in [5, 5.41) is 11.8. The number of hydrogen-bond acceptors (Lipinski definition) is 9. The standard InChI is InChI=1S/C54H54ClF4N7O6/c1-28-52(23-31(52)15-13-29-9-6-10-32-34(29)26-66(50(32)71)39-17-18-43(67)64-47(39)68)19-8-20-65(28)49(70)30-14-16-37(40(21-30)72-5)62-48(69)46-44(33-11-7-12-36(55)45(33)56)53(42(63-46)24-51(2,3)4)27-61-38-22-41(54(57,58)59)60-25-35(38)53/h6-7,9-12,14,16,21-22,25,28,31,39,42,44,46,61,63H,8,17-20,23-24,26-27H2,1-5H3,(H,62,69)(H,64,67,68)/t28-,31-,39?,42+,44+,46-,52-,53+/m1/s1. The number of ether oxygens (including phenoxy) is 1. The van der Waals surface area contributed by atoms with Crippen LogP contribution in [0.15, 0.2) is 66.9 Å². The van der Waals surface area contributed by atoms with E-state index in [2.05, 4.69) is 38.1 Å². The van der Waals surface area contributed by atoms with Gasteiger partial charge in [0.05, 0.1) is 23.9 Å². The maximum absolute atomic E-state index is 16.4. The van der Waals surface area contributed by atoms with Gasteiger partial charge in [0.1, 0.15) is 23.3 Å². The molecule has 3 saturated heterocycles. The van der Waals surface area contributed by atoms with Gasteiger partial charge in [-0.15, -0.1) is 0 Å². The summed E-state index contributed by atoms with van der Waals surface area (Å²) in [5.74, 6) is 3.39. The third-order valence-corrected chi connectivity index (χ3v) is 16.3. The number of likely N-dealkylation sites (tertiary alicyclic amines) is 1. The molecule has 2 spiro atoms. The van der Waals surface area contributed by atoms with E-state index >= 15 is 4.39 Å². The van der Waals surface area contributed by atoms with Crippen molar-refractivity contribution in [3.8, 4) is 17.6 Å². The van der Waals surface area contributed by atoms with E-state index in [9.17, 15) is 37.1 Å². The fourth-order valence-electron chi connectivity index (χ4n) is 12.3. The highest BCUT2D eigenvalue weighted by Gasteiger charge is 2.63. The number of nitrogens with zero attached hydrogens (tertiary/aromatic N) is 3. The van der Waals surface area contributed by atoms with Gasteiger partial charge in [-0.1, -0.05) is 62.4 Å². The van der Waals surface area contributed by atoms with E-state index in [-0.39, 0.29) is 94.2 Å². The first kappa shape index (κ1) is 49.1. The first-order valence-electron chi connectivity index (χ1n) is 24.2. The Labute approximate surface area is 419 Å². The number of halogens is 5. The number of methoxy groups -OCH3 is 1. The van der Waals surface area contributed by atoms with Crippen LogP contribution >= 0.6 is 11.6 Å². The summed E-state index contributed by atoms with van der Waals surface area (Å²) >= 11 is 6.39. The smallest absolute Gasteiger partial charge is 0.433 e. The van der Waals surface area contributed by atoms with Crippen LogP contribution in [0.1, 0.15) is 121 Å². The Kier molecular flexibility index (Phi) is 12.2. The molecule has 10 rings (SSSR count). The van der Waals surface area contributed by atoms with Gasteiger partial charge in [0, 0.05) is 94.9 Å².